The number of amides is 1. The molecule has 0 aliphatic carbocycles. The number of carbonyl (C=O) groups excluding carboxylic acids is 1. The number of benzene rings is 1. The van der Waals surface area contributed by atoms with E-state index in [4.69, 9.17) is 0 Å². The topological polar surface area (TPSA) is 20.3 Å². The van der Waals surface area contributed by atoms with E-state index in [0.29, 0.717) is 0 Å². The van der Waals surface area contributed by atoms with Crippen molar-refractivity contribution in [1.82, 2.24) is 4.90 Å². The van der Waals surface area contributed by atoms with E-state index in [-0.39, 0.29) is 5.81 Å². The van der Waals surface area contributed by atoms with Crippen molar-refractivity contribution < 1.29 is 4.79 Å². The minimum atomic E-state index is 0.0497. The van der Waals surface area contributed by atoms with Crippen molar-refractivity contribution in [3.63, 3.8) is 0 Å². The predicted octanol–water partition coefficient (Wildman–Crippen LogP) is 1.09. The number of rotatable bonds is 3. The van der Waals surface area contributed by atoms with Gasteiger partial charge in [0.1, 0.15) is 0 Å². The predicted molar refractivity (Wildman–Crippen MR) is 55.5 cm³/mol. The molecule has 0 heterocycles. The number of nitrogens with zero attached hydrogens (tertiary/aromatic N) is 1. The summed E-state index contributed by atoms with van der Waals surface area (Å²) in [5.74, 6) is 0.0497. The maximum absolute atomic E-state index is 11.4. The average Bonchev–Trinajstić information content (AvgIpc) is 2.18. The third kappa shape index (κ3) is 2.94. The highest BCUT2D eigenvalue weighted by Gasteiger charge is 2.08. The molecule has 0 spiro atoms. The van der Waals surface area contributed by atoms with Gasteiger partial charge >= 0.3 is 0 Å². The van der Waals surface area contributed by atoms with Crippen LogP contribution in [0.4, 0.5) is 4.79 Å². The van der Waals surface area contributed by atoms with E-state index < -0.39 is 0 Å². The summed E-state index contributed by atoms with van der Waals surface area (Å²) < 4.78 is 0. The molecule has 0 saturated heterocycles. The lowest BCUT2D eigenvalue weighted by Gasteiger charge is -2.13. The largest absolute Gasteiger partial charge is 0.355 e. The van der Waals surface area contributed by atoms with Crippen LogP contribution in [0.25, 0.3) is 0 Å². The van der Waals surface area contributed by atoms with Crippen LogP contribution in [0.2, 0.25) is 0 Å². The van der Waals surface area contributed by atoms with Crippen molar-refractivity contribution in [3.05, 3.63) is 30.3 Å². The molecule has 0 saturated carbocycles. The van der Waals surface area contributed by atoms with E-state index in [0.717, 1.165) is 12.0 Å². The summed E-state index contributed by atoms with van der Waals surface area (Å²) in [4.78, 5) is 13.1. The van der Waals surface area contributed by atoms with Crippen LogP contribution in [0, 0.1) is 0 Å². The van der Waals surface area contributed by atoms with Gasteiger partial charge in [0.2, 0.25) is 0 Å². The highest BCUT2D eigenvalue weighted by molar-refractivity contribution is 6.83. The van der Waals surface area contributed by atoms with E-state index in [9.17, 15) is 4.79 Å². The highest BCUT2D eigenvalue weighted by atomic mass is 16.1. The lowest BCUT2D eigenvalue weighted by atomic mass is 9.69. The quantitative estimate of drug-likeness (QED) is 0.628. The molecule has 0 atom stereocenters. The van der Waals surface area contributed by atoms with Gasteiger partial charge in [-0.25, -0.2) is 0 Å². The van der Waals surface area contributed by atoms with Crippen LogP contribution in [0.15, 0.2) is 30.3 Å². The van der Waals surface area contributed by atoms with Crippen LogP contribution in [0.5, 0.6) is 0 Å². The molecule has 3 heteroatoms. The summed E-state index contributed by atoms with van der Waals surface area (Å²) in [7, 11) is 3.44. The Balaban J connectivity index is 2.55. The Bertz CT molecular complexity index is 274. The van der Waals surface area contributed by atoms with Crippen LogP contribution in [0.3, 0.4) is 0 Å². The summed E-state index contributed by atoms with van der Waals surface area (Å²) in [5, 5.41) is 0. The highest BCUT2D eigenvalue weighted by Crippen LogP contribution is 1.87. The zero-order valence-electron chi connectivity index (χ0n) is 8.03. The molecule has 0 fully saturated rings. The van der Waals surface area contributed by atoms with Crippen LogP contribution in [-0.2, 0) is 0 Å². The van der Waals surface area contributed by atoms with Crippen LogP contribution < -0.4 is 5.46 Å². The smallest absolute Gasteiger partial charge is 0.271 e. The molecule has 0 bridgehead atoms. The molecule has 13 heavy (non-hydrogen) atoms. The summed E-state index contributed by atoms with van der Waals surface area (Å²) in [5.41, 5.74) is 0.952. The SMILES string of the molecule is CCN(C)C(=O)[B]c1ccccc1. The van der Waals surface area contributed by atoms with E-state index >= 15 is 0 Å². The molecule has 1 aromatic carbocycles. The fraction of sp³-hybridized carbons (Fsp3) is 0.300. The summed E-state index contributed by atoms with van der Waals surface area (Å²) in [6.07, 6.45) is 0. The second kappa shape index (κ2) is 4.70. The fourth-order valence-electron chi connectivity index (χ4n) is 0.958. The first-order valence-corrected chi connectivity index (χ1v) is 4.39. The molecule has 0 N–H and O–H groups in total. The van der Waals surface area contributed by atoms with Gasteiger partial charge in [0.15, 0.2) is 5.81 Å². The van der Waals surface area contributed by atoms with E-state index in [2.05, 4.69) is 0 Å². The summed E-state index contributed by atoms with van der Waals surface area (Å²) >= 11 is 0. The van der Waals surface area contributed by atoms with Crippen molar-refractivity contribution in [2.24, 2.45) is 0 Å². The Morgan fingerprint density at radius 2 is 2.00 bits per heavy atom. The Labute approximate surface area is 79.8 Å². The molecule has 0 aliphatic heterocycles. The van der Waals surface area contributed by atoms with Crippen molar-refractivity contribution >= 4 is 18.5 Å². The normalized spacial score (nSPS) is 9.38. The molecule has 1 amide bonds. The lowest BCUT2D eigenvalue weighted by molar-refractivity contribution is 0.234. The van der Waals surface area contributed by atoms with E-state index in [1.54, 1.807) is 19.2 Å². The minimum absolute atomic E-state index is 0.0497. The van der Waals surface area contributed by atoms with E-state index in [1.165, 1.54) is 0 Å². The summed E-state index contributed by atoms with van der Waals surface area (Å²) in [6, 6.07) is 9.62. The van der Waals surface area contributed by atoms with Crippen molar-refractivity contribution in [2.45, 2.75) is 6.92 Å². The lowest BCUT2D eigenvalue weighted by Crippen LogP contribution is -2.35. The van der Waals surface area contributed by atoms with Gasteiger partial charge in [0.25, 0.3) is 7.28 Å². The maximum atomic E-state index is 11.4. The third-order valence-corrected chi connectivity index (χ3v) is 1.94. The zero-order valence-corrected chi connectivity index (χ0v) is 8.03. The molecule has 1 radical (unpaired) electrons. The number of carbonyl (C=O) groups is 1. The van der Waals surface area contributed by atoms with E-state index in [1.807, 2.05) is 37.3 Å². The molecule has 0 aromatic heterocycles. The third-order valence-electron chi connectivity index (χ3n) is 1.94. The van der Waals surface area contributed by atoms with Crippen molar-refractivity contribution in [2.75, 3.05) is 13.6 Å². The number of hydrogen-bond donors (Lipinski definition) is 0. The van der Waals surface area contributed by atoms with Gasteiger partial charge in [0, 0.05) is 13.6 Å². The maximum Gasteiger partial charge on any atom is 0.271 e. The first-order chi connectivity index (χ1) is 6.24. The Morgan fingerprint density at radius 1 is 1.38 bits per heavy atom. The van der Waals surface area contributed by atoms with Gasteiger partial charge in [-0.3, -0.25) is 4.79 Å². The molecule has 0 aliphatic rings. The first-order valence-electron chi connectivity index (χ1n) is 4.39. The van der Waals surface area contributed by atoms with Crippen LogP contribution in [-0.4, -0.2) is 31.6 Å². The minimum Gasteiger partial charge on any atom is -0.355 e. The van der Waals surface area contributed by atoms with Gasteiger partial charge in [-0.15, -0.1) is 0 Å². The molecular formula is C10H13BNO. The molecular weight excluding hydrogens is 161 g/mol. The fourth-order valence-corrected chi connectivity index (χ4v) is 0.958. The standard InChI is InChI=1S/C10H13BNO/c1-3-12(2)10(13)11-9-7-5-4-6-8-9/h4-8H,3H2,1-2H3. The number of hydrogen-bond acceptors (Lipinski definition) is 1. The Morgan fingerprint density at radius 3 is 2.54 bits per heavy atom. The Hall–Kier alpha value is -1.25. The van der Waals surface area contributed by atoms with Gasteiger partial charge in [-0.2, -0.15) is 0 Å². The Kier molecular flexibility index (Phi) is 3.56. The molecule has 0 unspecified atom stereocenters. The monoisotopic (exact) mass is 174 g/mol. The molecule has 1 aromatic rings. The second-order valence-electron chi connectivity index (χ2n) is 2.91. The van der Waals surface area contributed by atoms with Crippen molar-refractivity contribution in [1.29, 1.82) is 0 Å². The van der Waals surface area contributed by atoms with Gasteiger partial charge in [-0.1, -0.05) is 35.8 Å². The first kappa shape index (κ1) is 9.84. The van der Waals surface area contributed by atoms with Crippen LogP contribution in [0.1, 0.15) is 6.92 Å². The van der Waals surface area contributed by atoms with Gasteiger partial charge < -0.3 is 4.90 Å². The molecule has 2 nitrogen and oxygen atoms in total. The molecule has 67 valence electrons. The average molecular weight is 174 g/mol. The zero-order chi connectivity index (χ0) is 9.68. The van der Waals surface area contributed by atoms with Gasteiger partial charge in [0.05, 0.1) is 0 Å². The second-order valence-corrected chi connectivity index (χ2v) is 2.91. The van der Waals surface area contributed by atoms with Crippen molar-refractivity contribution in [3.8, 4) is 0 Å². The van der Waals surface area contributed by atoms with Gasteiger partial charge in [-0.05, 0) is 6.92 Å². The van der Waals surface area contributed by atoms with Crippen LogP contribution >= 0.6 is 0 Å². The summed E-state index contributed by atoms with van der Waals surface area (Å²) in [6.45, 7) is 2.69. The molecule has 1 rings (SSSR count).